The maximum Gasteiger partial charge on any atom is 0.235 e. The molecular weight excluding hydrogens is 210 g/mol. The van der Waals surface area contributed by atoms with E-state index in [1.807, 2.05) is 0 Å². The molecule has 0 bridgehead atoms. The highest BCUT2D eigenvalue weighted by molar-refractivity contribution is 6.27. The molecule has 1 amide bonds. The van der Waals surface area contributed by atoms with E-state index in [-0.39, 0.29) is 11.8 Å². The molecule has 1 aromatic carbocycles. The van der Waals surface area contributed by atoms with Crippen molar-refractivity contribution >= 4 is 17.5 Å². The minimum absolute atomic E-state index is 0.0476. The smallest absolute Gasteiger partial charge is 0.235 e. The van der Waals surface area contributed by atoms with Crippen molar-refractivity contribution in [1.29, 1.82) is 0 Å². The van der Waals surface area contributed by atoms with Crippen molar-refractivity contribution in [2.45, 2.75) is 18.4 Å². The standard InChI is InChI=1S/C12H12ClNO/c13-6-10(15)14-12-9-5-7-3-1-2-4-8(7)11(9)12/h1-4,9,11-12H,5-6H2,(H,14,15)/t9-,11+,12+/m0/s1. The fourth-order valence-corrected chi connectivity index (χ4v) is 2.85. The molecule has 3 atom stereocenters. The van der Waals surface area contributed by atoms with Crippen LogP contribution in [0.3, 0.4) is 0 Å². The number of amides is 1. The molecule has 1 N–H and O–H groups in total. The lowest BCUT2D eigenvalue weighted by molar-refractivity contribution is -0.118. The van der Waals surface area contributed by atoms with Crippen LogP contribution in [-0.2, 0) is 11.2 Å². The Morgan fingerprint density at radius 2 is 2.27 bits per heavy atom. The molecule has 1 fully saturated rings. The van der Waals surface area contributed by atoms with Gasteiger partial charge in [0.2, 0.25) is 5.91 Å². The average Bonchev–Trinajstić information content (AvgIpc) is 2.77. The van der Waals surface area contributed by atoms with Gasteiger partial charge in [0.1, 0.15) is 5.88 Å². The molecule has 0 heterocycles. The fraction of sp³-hybridized carbons (Fsp3) is 0.417. The molecule has 1 aromatic rings. The van der Waals surface area contributed by atoms with E-state index in [0.717, 1.165) is 6.42 Å². The normalized spacial score (nSPS) is 30.6. The van der Waals surface area contributed by atoms with Crippen molar-refractivity contribution in [2.75, 3.05) is 5.88 Å². The summed E-state index contributed by atoms with van der Waals surface area (Å²) in [6.07, 6.45) is 1.11. The molecule has 3 rings (SSSR count). The number of halogens is 1. The molecule has 2 aliphatic rings. The van der Waals surface area contributed by atoms with Crippen LogP contribution in [0.5, 0.6) is 0 Å². The van der Waals surface area contributed by atoms with Crippen molar-refractivity contribution in [1.82, 2.24) is 5.32 Å². The van der Waals surface area contributed by atoms with Crippen LogP contribution in [0.1, 0.15) is 17.0 Å². The number of hydrogen-bond donors (Lipinski definition) is 1. The summed E-state index contributed by atoms with van der Waals surface area (Å²) in [5.41, 5.74) is 2.87. The number of nitrogens with one attached hydrogen (secondary N) is 1. The average molecular weight is 222 g/mol. The van der Waals surface area contributed by atoms with Gasteiger partial charge in [0.25, 0.3) is 0 Å². The minimum atomic E-state index is -0.0476. The number of rotatable bonds is 2. The van der Waals surface area contributed by atoms with Crippen molar-refractivity contribution in [3.63, 3.8) is 0 Å². The van der Waals surface area contributed by atoms with Crippen LogP contribution in [0.25, 0.3) is 0 Å². The maximum absolute atomic E-state index is 11.2. The summed E-state index contributed by atoms with van der Waals surface area (Å²) in [4.78, 5) is 11.2. The molecule has 0 radical (unpaired) electrons. The van der Waals surface area contributed by atoms with E-state index in [1.165, 1.54) is 11.1 Å². The van der Waals surface area contributed by atoms with Gasteiger partial charge in [-0.1, -0.05) is 24.3 Å². The summed E-state index contributed by atoms with van der Waals surface area (Å²) < 4.78 is 0. The Balaban J connectivity index is 1.76. The second kappa shape index (κ2) is 3.24. The van der Waals surface area contributed by atoms with E-state index in [4.69, 9.17) is 11.6 Å². The van der Waals surface area contributed by atoms with Gasteiger partial charge in [-0.2, -0.15) is 0 Å². The van der Waals surface area contributed by atoms with Gasteiger partial charge in [-0.15, -0.1) is 11.6 Å². The first-order valence-corrected chi connectivity index (χ1v) is 5.78. The molecule has 0 aromatic heterocycles. The topological polar surface area (TPSA) is 29.1 Å². The van der Waals surface area contributed by atoms with Crippen molar-refractivity contribution in [3.05, 3.63) is 35.4 Å². The quantitative estimate of drug-likeness (QED) is 0.757. The van der Waals surface area contributed by atoms with Crippen LogP contribution in [0.2, 0.25) is 0 Å². The molecule has 0 unspecified atom stereocenters. The molecule has 3 heteroatoms. The summed E-state index contributed by atoms with van der Waals surface area (Å²) in [5, 5.41) is 2.98. The third-order valence-corrected chi connectivity index (χ3v) is 3.73. The van der Waals surface area contributed by atoms with Crippen molar-refractivity contribution in [2.24, 2.45) is 5.92 Å². The molecule has 0 spiro atoms. The first kappa shape index (κ1) is 9.22. The Kier molecular flexibility index (Phi) is 1.99. The lowest BCUT2D eigenvalue weighted by atomic mass is 10.1. The van der Waals surface area contributed by atoms with Crippen LogP contribution in [0.15, 0.2) is 24.3 Å². The van der Waals surface area contributed by atoms with E-state index in [1.54, 1.807) is 0 Å². The predicted molar refractivity (Wildman–Crippen MR) is 59.0 cm³/mol. The van der Waals surface area contributed by atoms with Gasteiger partial charge in [-0.05, 0) is 23.5 Å². The van der Waals surface area contributed by atoms with Gasteiger partial charge in [0.15, 0.2) is 0 Å². The predicted octanol–water partition coefficient (Wildman–Crippen LogP) is 1.68. The fourth-order valence-electron chi connectivity index (χ4n) is 2.77. The summed E-state index contributed by atoms with van der Waals surface area (Å²) in [5.74, 6) is 1.19. The number of carbonyl (C=O) groups excluding carboxylic acids is 1. The maximum atomic E-state index is 11.2. The molecular formula is C12H12ClNO. The van der Waals surface area contributed by atoms with Crippen LogP contribution in [-0.4, -0.2) is 17.8 Å². The Labute approximate surface area is 93.6 Å². The summed E-state index contributed by atoms with van der Waals surface area (Å²) in [6, 6.07) is 8.84. The first-order valence-electron chi connectivity index (χ1n) is 5.24. The number of fused-ring (bicyclic) bond motifs is 3. The highest BCUT2D eigenvalue weighted by Crippen LogP contribution is 2.56. The van der Waals surface area contributed by atoms with Crippen LogP contribution < -0.4 is 5.32 Å². The zero-order valence-corrected chi connectivity index (χ0v) is 9.00. The highest BCUT2D eigenvalue weighted by atomic mass is 35.5. The second-order valence-corrected chi connectivity index (χ2v) is 4.59. The molecule has 0 saturated heterocycles. The zero-order chi connectivity index (χ0) is 10.4. The molecule has 1 saturated carbocycles. The third-order valence-electron chi connectivity index (χ3n) is 3.49. The van der Waals surface area contributed by atoms with Crippen LogP contribution >= 0.6 is 11.6 Å². The van der Waals surface area contributed by atoms with E-state index >= 15 is 0 Å². The monoisotopic (exact) mass is 221 g/mol. The highest BCUT2D eigenvalue weighted by Gasteiger charge is 2.56. The number of hydrogen-bond acceptors (Lipinski definition) is 1. The van der Waals surface area contributed by atoms with Crippen molar-refractivity contribution < 1.29 is 4.79 Å². The lowest BCUT2D eigenvalue weighted by Gasteiger charge is -2.08. The molecule has 78 valence electrons. The molecule has 2 aliphatic carbocycles. The molecule has 0 aliphatic heterocycles. The summed E-state index contributed by atoms with van der Waals surface area (Å²) in [7, 11) is 0. The SMILES string of the molecule is O=C(CCl)N[C@@H]1[C@H]2Cc3ccccc3[C@H]21. The Morgan fingerprint density at radius 1 is 1.47 bits per heavy atom. The van der Waals surface area contributed by atoms with Crippen LogP contribution in [0, 0.1) is 5.92 Å². The van der Waals surface area contributed by atoms with Gasteiger partial charge >= 0.3 is 0 Å². The van der Waals surface area contributed by atoms with Gasteiger partial charge in [0.05, 0.1) is 0 Å². The zero-order valence-electron chi connectivity index (χ0n) is 8.24. The van der Waals surface area contributed by atoms with Crippen LogP contribution in [0.4, 0.5) is 0 Å². The Morgan fingerprint density at radius 3 is 3.07 bits per heavy atom. The number of carbonyl (C=O) groups is 1. The van der Waals surface area contributed by atoms with E-state index in [9.17, 15) is 4.79 Å². The minimum Gasteiger partial charge on any atom is -0.351 e. The van der Waals surface area contributed by atoms with Gasteiger partial charge in [-0.3, -0.25) is 4.79 Å². The second-order valence-electron chi connectivity index (χ2n) is 4.32. The molecule has 15 heavy (non-hydrogen) atoms. The lowest BCUT2D eigenvalue weighted by Crippen LogP contribution is -2.29. The van der Waals surface area contributed by atoms with E-state index in [0.29, 0.717) is 17.9 Å². The summed E-state index contributed by atoms with van der Waals surface area (Å²) >= 11 is 5.47. The van der Waals surface area contributed by atoms with Gasteiger partial charge in [0, 0.05) is 12.0 Å². The van der Waals surface area contributed by atoms with Gasteiger partial charge < -0.3 is 5.32 Å². The summed E-state index contributed by atoms with van der Waals surface area (Å²) in [6.45, 7) is 0. The first-order chi connectivity index (χ1) is 7.31. The molecule has 2 nitrogen and oxygen atoms in total. The largest absolute Gasteiger partial charge is 0.351 e. The van der Waals surface area contributed by atoms with Crippen molar-refractivity contribution in [3.8, 4) is 0 Å². The van der Waals surface area contributed by atoms with E-state index < -0.39 is 0 Å². The number of alkyl halides is 1. The Hall–Kier alpha value is -1.02. The Bertz CT molecular complexity index is 418. The van der Waals surface area contributed by atoms with Gasteiger partial charge in [-0.25, -0.2) is 0 Å². The third kappa shape index (κ3) is 1.36. The number of benzene rings is 1. The van der Waals surface area contributed by atoms with E-state index in [2.05, 4.69) is 29.6 Å².